The normalized spacial score (nSPS) is 15.7. The molecular weight excluding hydrogens is 460 g/mol. The lowest BCUT2D eigenvalue weighted by Crippen LogP contribution is -2.40. The Hall–Kier alpha value is -2.74. The van der Waals surface area contributed by atoms with E-state index in [4.69, 9.17) is 18.9 Å². The van der Waals surface area contributed by atoms with Crippen LogP contribution < -0.4 is 18.9 Å². The van der Waals surface area contributed by atoms with Crippen molar-refractivity contribution in [3.05, 3.63) is 69.4 Å². The predicted octanol–water partition coefficient (Wildman–Crippen LogP) is 4.90. The summed E-state index contributed by atoms with van der Waals surface area (Å²) in [6, 6.07) is 15.0. The molecule has 0 N–H and O–H groups in total. The molecule has 35 heavy (non-hydrogen) atoms. The van der Waals surface area contributed by atoms with Gasteiger partial charge >= 0.3 is 0 Å². The standard InChI is InChI=1S/C28H36N2O4S/c1-29(13-10-20-6-8-23(31-2)25(18-20)33-4)15-16-30-14-11-27-22(12-17-35-27)28(30)21-7-9-24(32-3)26(19-21)34-5/h6-9,12,17-19,28H,10-11,13-16H2,1-5H3. The number of hydrogen-bond donors (Lipinski definition) is 0. The smallest absolute Gasteiger partial charge is 0.161 e. The van der Waals surface area contributed by atoms with Crippen molar-refractivity contribution < 1.29 is 18.9 Å². The van der Waals surface area contributed by atoms with E-state index in [1.807, 2.05) is 23.5 Å². The van der Waals surface area contributed by atoms with Crippen molar-refractivity contribution in [2.45, 2.75) is 18.9 Å². The number of thiophene rings is 1. The third-order valence-electron chi connectivity index (χ3n) is 6.79. The number of likely N-dealkylation sites (N-methyl/N-ethyl adjacent to an activating group) is 1. The molecule has 1 aliphatic heterocycles. The van der Waals surface area contributed by atoms with Gasteiger partial charge in [0.2, 0.25) is 0 Å². The van der Waals surface area contributed by atoms with Gasteiger partial charge in [-0.15, -0.1) is 11.3 Å². The minimum Gasteiger partial charge on any atom is -0.493 e. The Morgan fingerprint density at radius 2 is 1.54 bits per heavy atom. The van der Waals surface area contributed by atoms with E-state index in [2.05, 4.69) is 52.6 Å². The highest BCUT2D eigenvalue weighted by Gasteiger charge is 2.30. The average Bonchev–Trinajstić information content (AvgIpc) is 3.38. The van der Waals surface area contributed by atoms with Gasteiger partial charge in [-0.1, -0.05) is 12.1 Å². The Bertz CT molecular complexity index is 1120. The summed E-state index contributed by atoms with van der Waals surface area (Å²) in [6.45, 7) is 4.03. The van der Waals surface area contributed by atoms with Crippen LogP contribution in [0, 0.1) is 0 Å². The summed E-state index contributed by atoms with van der Waals surface area (Å²) < 4.78 is 21.9. The minimum absolute atomic E-state index is 0.226. The van der Waals surface area contributed by atoms with Crippen LogP contribution in [0.15, 0.2) is 47.8 Å². The highest BCUT2D eigenvalue weighted by molar-refractivity contribution is 7.10. The van der Waals surface area contributed by atoms with Gasteiger partial charge in [0.05, 0.1) is 34.5 Å². The van der Waals surface area contributed by atoms with E-state index in [9.17, 15) is 0 Å². The average molecular weight is 497 g/mol. The van der Waals surface area contributed by atoms with Crippen molar-refractivity contribution in [3.8, 4) is 23.0 Å². The summed E-state index contributed by atoms with van der Waals surface area (Å²) in [7, 11) is 8.93. The first kappa shape index (κ1) is 25.4. The van der Waals surface area contributed by atoms with Crippen LogP contribution in [0.25, 0.3) is 0 Å². The van der Waals surface area contributed by atoms with Crippen LogP contribution >= 0.6 is 11.3 Å². The van der Waals surface area contributed by atoms with Gasteiger partial charge in [0.25, 0.3) is 0 Å². The van der Waals surface area contributed by atoms with Crippen molar-refractivity contribution in [3.63, 3.8) is 0 Å². The molecule has 2 aromatic carbocycles. The zero-order chi connectivity index (χ0) is 24.8. The Morgan fingerprint density at radius 1 is 0.857 bits per heavy atom. The van der Waals surface area contributed by atoms with Crippen molar-refractivity contribution >= 4 is 11.3 Å². The Kier molecular flexibility index (Phi) is 8.55. The van der Waals surface area contributed by atoms with Crippen molar-refractivity contribution in [1.29, 1.82) is 0 Å². The maximum absolute atomic E-state index is 5.61. The van der Waals surface area contributed by atoms with E-state index in [1.165, 1.54) is 21.6 Å². The van der Waals surface area contributed by atoms with Gasteiger partial charge in [0.15, 0.2) is 23.0 Å². The first-order chi connectivity index (χ1) is 17.1. The fraction of sp³-hybridized carbons (Fsp3) is 0.429. The monoisotopic (exact) mass is 496 g/mol. The second-order valence-electron chi connectivity index (χ2n) is 8.84. The molecule has 0 radical (unpaired) electrons. The third-order valence-corrected chi connectivity index (χ3v) is 7.78. The van der Waals surface area contributed by atoms with Gasteiger partial charge < -0.3 is 23.8 Å². The van der Waals surface area contributed by atoms with Gasteiger partial charge in [0.1, 0.15) is 0 Å². The van der Waals surface area contributed by atoms with Gasteiger partial charge in [-0.05, 0) is 72.3 Å². The molecule has 0 saturated heterocycles. The number of fused-ring (bicyclic) bond motifs is 1. The SMILES string of the molecule is COc1ccc(CCN(C)CCN2CCc3sccc3C2c2ccc(OC)c(OC)c2)cc1OC. The fourth-order valence-corrected chi connectivity index (χ4v) is 5.69. The van der Waals surface area contributed by atoms with E-state index in [0.717, 1.165) is 62.0 Å². The molecule has 0 aliphatic carbocycles. The lowest BCUT2D eigenvalue weighted by atomic mass is 9.93. The fourth-order valence-electron chi connectivity index (χ4n) is 4.79. The molecule has 1 unspecified atom stereocenters. The first-order valence-electron chi connectivity index (χ1n) is 12.0. The number of ether oxygens (including phenoxy) is 4. The molecule has 0 bridgehead atoms. The van der Waals surface area contributed by atoms with E-state index >= 15 is 0 Å². The predicted molar refractivity (Wildman–Crippen MR) is 142 cm³/mol. The van der Waals surface area contributed by atoms with Crippen molar-refractivity contribution in [1.82, 2.24) is 9.80 Å². The maximum Gasteiger partial charge on any atom is 0.161 e. The van der Waals surface area contributed by atoms with Crippen LogP contribution in [-0.4, -0.2) is 71.5 Å². The lowest BCUT2D eigenvalue weighted by Gasteiger charge is -2.37. The largest absolute Gasteiger partial charge is 0.493 e. The Labute approximate surface area is 213 Å². The molecule has 3 aromatic rings. The quantitative estimate of drug-likeness (QED) is 0.376. The highest BCUT2D eigenvalue weighted by Crippen LogP contribution is 2.40. The van der Waals surface area contributed by atoms with Crippen LogP contribution in [0.3, 0.4) is 0 Å². The van der Waals surface area contributed by atoms with E-state index in [0.29, 0.717) is 0 Å². The molecule has 0 fully saturated rings. The van der Waals surface area contributed by atoms with Gasteiger partial charge in [-0.25, -0.2) is 0 Å². The topological polar surface area (TPSA) is 43.4 Å². The molecule has 188 valence electrons. The number of benzene rings is 2. The third kappa shape index (κ3) is 5.74. The van der Waals surface area contributed by atoms with Crippen LogP contribution in [0.5, 0.6) is 23.0 Å². The molecule has 0 saturated carbocycles. The van der Waals surface area contributed by atoms with Crippen LogP contribution in [0.2, 0.25) is 0 Å². The van der Waals surface area contributed by atoms with Crippen molar-refractivity contribution in [2.24, 2.45) is 0 Å². The number of hydrogen-bond acceptors (Lipinski definition) is 7. The van der Waals surface area contributed by atoms with E-state index in [1.54, 1.807) is 28.4 Å². The number of methoxy groups -OCH3 is 4. The second kappa shape index (κ2) is 11.8. The molecule has 7 heteroatoms. The molecular formula is C28H36N2O4S. The Balaban J connectivity index is 1.43. The Morgan fingerprint density at radius 3 is 2.26 bits per heavy atom. The summed E-state index contributed by atoms with van der Waals surface area (Å²) in [6.07, 6.45) is 2.07. The van der Waals surface area contributed by atoms with Crippen LogP contribution in [-0.2, 0) is 12.8 Å². The summed E-state index contributed by atoms with van der Waals surface area (Å²) in [5, 5.41) is 2.22. The zero-order valence-electron chi connectivity index (χ0n) is 21.4. The summed E-state index contributed by atoms with van der Waals surface area (Å²) in [5.74, 6) is 3.09. The number of rotatable bonds is 11. The van der Waals surface area contributed by atoms with Crippen LogP contribution in [0.1, 0.15) is 27.6 Å². The summed E-state index contributed by atoms with van der Waals surface area (Å²) >= 11 is 1.87. The maximum atomic E-state index is 5.61. The van der Waals surface area contributed by atoms with Crippen molar-refractivity contribution in [2.75, 3.05) is 61.7 Å². The highest BCUT2D eigenvalue weighted by atomic mass is 32.1. The number of nitrogens with zero attached hydrogens (tertiary/aromatic N) is 2. The second-order valence-corrected chi connectivity index (χ2v) is 9.85. The molecule has 1 aromatic heterocycles. The molecule has 1 atom stereocenters. The molecule has 0 spiro atoms. The van der Waals surface area contributed by atoms with Gasteiger partial charge in [0, 0.05) is 31.1 Å². The van der Waals surface area contributed by atoms with E-state index in [-0.39, 0.29) is 6.04 Å². The molecule has 1 aliphatic rings. The van der Waals surface area contributed by atoms with Gasteiger partial charge in [-0.2, -0.15) is 0 Å². The molecule has 6 nitrogen and oxygen atoms in total. The molecule has 0 amide bonds. The van der Waals surface area contributed by atoms with Gasteiger partial charge in [-0.3, -0.25) is 4.90 Å². The van der Waals surface area contributed by atoms with E-state index < -0.39 is 0 Å². The summed E-state index contributed by atoms with van der Waals surface area (Å²) in [4.78, 5) is 6.50. The minimum atomic E-state index is 0.226. The zero-order valence-corrected chi connectivity index (χ0v) is 22.2. The lowest BCUT2D eigenvalue weighted by molar-refractivity contribution is 0.184. The molecule has 2 heterocycles. The first-order valence-corrected chi connectivity index (χ1v) is 12.9. The van der Waals surface area contributed by atoms with Crippen LogP contribution in [0.4, 0.5) is 0 Å². The molecule has 4 rings (SSSR count). The summed E-state index contributed by atoms with van der Waals surface area (Å²) in [5.41, 5.74) is 3.91.